The molecule has 0 spiro atoms. The Morgan fingerprint density at radius 2 is 1.82 bits per heavy atom. The van der Waals surface area contributed by atoms with Crippen LogP contribution in [0.5, 0.6) is 0 Å². The molecule has 0 aliphatic heterocycles. The van der Waals surface area contributed by atoms with Crippen molar-refractivity contribution >= 4 is 28.0 Å². The predicted octanol–water partition coefficient (Wildman–Crippen LogP) is 4.77. The van der Waals surface area contributed by atoms with Gasteiger partial charge < -0.3 is 14.8 Å². The molecule has 0 unspecified atom stereocenters. The fraction of sp³-hybridized carbons (Fsp3) is 0.333. The lowest BCUT2D eigenvalue weighted by Crippen LogP contribution is -2.45. The number of alkyl carbamates (subject to hydrolysis) is 1. The van der Waals surface area contributed by atoms with E-state index >= 15 is 0 Å². The Morgan fingerprint density at radius 3 is 2.46 bits per heavy atom. The summed E-state index contributed by atoms with van der Waals surface area (Å²) >= 11 is 3.28. The summed E-state index contributed by atoms with van der Waals surface area (Å²) in [5.74, 6) is -1.15. The summed E-state index contributed by atoms with van der Waals surface area (Å²) in [5, 5.41) is 2.49. The Labute approximate surface area is 172 Å². The Bertz CT molecular complexity index is 821. The molecule has 1 atom stereocenters. The van der Waals surface area contributed by atoms with Crippen LogP contribution in [0.4, 0.5) is 9.18 Å². The Morgan fingerprint density at radius 1 is 1.14 bits per heavy atom. The second-order valence-electron chi connectivity index (χ2n) is 7.23. The molecule has 2 aromatic carbocycles. The van der Waals surface area contributed by atoms with Crippen molar-refractivity contribution in [3.05, 3.63) is 69.9 Å². The highest BCUT2D eigenvalue weighted by molar-refractivity contribution is 9.10. The minimum Gasteiger partial charge on any atom is -0.459 e. The van der Waals surface area contributed by atoms with Gasteiger partial charge >= 0.3 is 12.1 Å². The molecular formula is C21H23BrFNO4. The summed E-state index contributed by atoms with van der Waals surface area (Å²) in [7, 11) is 0. The molecule has 150 valence electrons. The maximum atomic E-state index is 14.1. The lowest BCUT2D eigenvalue weighted by Gasteiger charge is -2.23. The van der Waals surface area contributed by atoms with Crippen LogP contribution >= 0.6 is 15.9 Å². The zero-order valence-electron chi connectivity index (χ0n) is 16.0. The lowest BCUT2D eigenvalue weighted by atomic mass is 10.1. The van der Waals surface area contributed by atoms with Crippen LogP contribution in [0.15, 0.2) is 53.0 Å². The molecule has 0 fully saturated rings. The molecule has 0 heterocycles. The van der Waals surface area contributed by atoms with Crippen molar-refractivity contribution in [3.8, 4) is 0 Å². The number of benzene rings is 2. The standard InChI is InChI=1S/C21H23BrFNO4/c1-21(2,3)28-20(26)24-18(12-15-11-16(22)9-10-17(15)23)19(25)27-13-14-7-5-4-6-8-14/h4-11,18H,12-13H2,1-3H3,(H,24,26)/t18-/m0/s1. The van der Waals surface area contributed by atoms with E-state index in [4.69, 9.17) is 9.47 Å². The molecule has 0 radical (unpaired) electrons. The molecule has 0 saturated carbocycles. The van der Waals surface area contributed by atoms with Crippen molar-refractivity contribution in [1.82, 2.24) is 5.32 Å². The average molecular weight is 452 g/mol. The van der Waals surface area contributed by atoms with E-state index in [0.29, 0.717) is 4.47 Å². The monoisotopic (exact) mass is 451 g/mol. The highest BCUT2D eigenvalue weighted by Gasteiger charge is 2.27. The van der Waals surface area contributed by atoms with E-state index in [1.807, 2.05) is 30.3 Å². The van der Waals surface area contributed by atoms with Crippen molar-refractivity contribution in [2.24, 2.45) is 0 Å². The number of amides is 1. The average Bonchev–Trinajstić information content (AvgIpc) is 2.61. The Kier molecular flexibility index (Phi) is 7.57. The van der Waals surface area contributed by atoms with Crippen LogP contribution in [0.25, 0.3) is 0 Å². The SMILES string of the molecule is CC(C)(C)OC(=O)N[C@@H](Cc1cc(Br)ccc1F)C(=O)OCc1ccccc1. The molecule has 5 nitrogen and oxygen atoms in total. The van der Waals surface area contributed by atoms with Crippen LogP contribution in [0, 0.1) is 5.82 Å². The van der Waals surface area contributed by atoms with Gasteiger partial charge in [-0.2, -0.15) is 0 Å². The number of carbonyl (C=O) groups excluding carboxylic acids is 2. The number of carbonyl (C=O) groups is 2. The molecule has 0 bridgehead atoms. The van der Waals surface area contributed by atoms with E-state index in [2.05, 4.69) is 21.2 Å². The van der Waals surface area contributed by atoms with E-state index in [-0.39, 0.29) is 18.6 Å². The van der Waals surface area contributed by atoms with Crippen LogP contribution in [-0.2, 0) is 27.3 Å². The number of halogens is 2. The minimum absolute atomic E-state index is 0.0487. The lowest BCUT2D eigenvalue weighted by molar-refractivity contribution is -0.147. The molecule has 1 amide bonds. The van der Waals surface area contributed by atoms with Crippen molar-refractivity contribution in [2.45, 2.75) is 45.4 Å². The van der Waals surface area contributed by atoms with Gasteiger partial charge in [0.25, 0.3) is 0 Å². The molecule has 0 aromatic heterocycles. The van der Waals surface area contributed by atoms with Crippen molar-refractivity contribution in [1.29, 1.82) is 0 Å². The van der Waals surface area contributed by atoms with E-state index in [0.717, 1.165) is 5.56 Å². The first-order valence-electron chi connectivity index (χ1n) is 8.78. The molecule has 2 rings (SSSR count). The summed E-state index contributed by atoms with van der Waals surface area (Å²) in [6.07, 6.45) is -0.845. The fourth-order valence-corrected chi connectivity index (χ4v) is 2.80. The van der Waals surface area contributed by atoms with Crippen LogP contribution in [-0.4, -0.2) is 23.7 Å². The maximum Gasteiger partial charge on any atom is 0.408 e. The highest BCUT2D eigenvalue weighted by Crippen LogP contribution is 2.18. The van der Waals surface area contributed by atoms with Gasteiger partial charge in [-0.3, -0.25) is 0 Å². The van der Waals surface area contributed by atoms with Gasteiger partial charge in [-0.1, -0.05) is 46.3 Å². The third-order valence-corrected chi connectivity index (χ3v) is 4.12. The zero-order valence-corrected chi connectivity index (χ0v) is 17.6. The van der Waals surface area contributed by atoms with Crippen LogP contribution in [0.2, 0.25) is 0 Å². The zero-order chi connectivity index (χ0) is 20.7. The van der Waals surface area contributed by atoms with Crippen LogP contribution in [0.1, 0.15) is 31.9 Å². The van der Waals surface area contributed by atoms with Gasteiger partial charge in [-0.25, -0.2) is 14.0 Å². The fourth-order valence-electron chi connectivity index (χ4n) is 2.39. The number of nitrogens with one attached hydrogen (secondary N) is 1. The van der Waals surface area contributed by atoms with Gasteiger partial charge in [-0.15, -0.1) is 0 Å². The summed E-state index contributed by atoms with van der Waals surface area (Å²) in [6.45, 7) is 5.18. The molecule has 0 aliphatic carbocycles. The van der Waals surface area contributed by atoms with Gasteiger partial charge in [0, 0.05) is 10.9 Å². The molecule has 2 aromatic rings. The number of esters is 1. The molecule has 28 heavy (non-hydrogen) atoms. The number of hydrogen-bond acceptors (Lipinski definition) is 4. The first-order valence-corrected chi connectivity index (χ1v) is 9.57. The van der Waals surface area contributed by atoms with E-state index < -0.39 is 29.5 Å². The summed E-state index contributed by atoms with van der Waals surface area (Å²) in [4.78, 5) is 24.7. The summed E-state index contributed by atoms with van der Waals surface area (Å²) in [5.41, 5.74) is 0.344. The maximum absolute atomic E-state index is 14.1. The van der Waals surface area contributed by atoms with Gasteiger partial charge in [0.05, 0.1) is 0 Å². The molecule has 1 N–H and O–H groups in total. The van der Waals surface area contributed by atoms with Gasteiger partial charge in [0.1, 0.15) is 24.1 Å². The minimum atomic E-state index is -1.10. The van der Waals surface area contributed by atoms with Crippen LogP contribution < -0.4 is 5.32 Å². The highest BCUT2D eigenvalue weighted by atomic mass is 79.9. The smallest absolute Gasteiger partial charge is 0.408 e. The predicted molar refractivity (Wildman–Crippen MR) is 107 cm³/mol. The van der Waals surface area contributed by atoms with Crippen molar-refractivity contribution in [3.63, 3.8) is 0 Å². The Hall–Kier alpha value is -2.41. The second-order valence-corrected chi connectivity index (χ2v) is 8.15. The quantitative estimate of drug-likeness (QED) is 0.642. The largest absolute Gasteiger partial charge is 0.459 e. The normalized spacial score (nSPS) is 12.2. The molecular weight excluding hydrogens is 429 g/mol. The Balaban J connectivity index is 2.13. The van der Waals surface area contributed by atoms with Crippen LogP contribution in [0.3, 0.4) is 0 Å². The third kappa shape index (κ3) is 7.31. The van der Waals surface area contributed by atoms with Gasteiger partial charge in [0.15, 0.2) is 0 Å². The first kappa shape index (κ1) is 21.9. The van der Waals surface area contributed by atoms with Gasteiger partial charge in [-0.05, 0) is 50.1 Å². The van der Waals surface area contributed by atoms with E-state index in [1.54, 1.807) is 32.9 Å². The van der Waals surface area contributed by atoms with Crippen molar-refractivity contribution in [2.75, 3.05) is 0 Å². The molecule has 0 aliphatic rings. The van der Waals surface area contributed by atoms with Crippen molar-refractivity contribution < 1.29 is 23.5 Å². The molecule has 0 saturated heterocycles. The summed E-state index contributed by atoms with van der Waals surface area (Å²) in [6, 6.07) is 12.5. The number of ether oxygens (including phenoxy) is 2. The van der Waals surface area contributed by atoms with Gasteiger partial charge in [0.2, 0.25) is 0 Å². The van der Waals surface area contributed by atoms with E-state index in [9.17, 15) is 14.0 Å². The second kappa shape index (κ2) is 9.68. The first-order chi connectivity index (χ1) is 13.1. The topological polar surface area (TPSA) is 64.6 Å². The molecule has 7 heteroatoms. The van der Waals surface area contributed by atoms with E-state index in [1.165, 1.54) is 6.07 Å². The number of hydrogen-bond donors (Lipinski definition) is 1. The third-order valence-electron chi connectivity index (χ3n) is 3.63. The number of rotatable bonds is 6. The summed E-state index contributed by atoms with van der Waals surface area (Å²) < 4.78 is 25.3.